The molecule has 6 rings (SSSR count). The molecule has 2 unspecified atom stereocenters. The van der Waals surface area contributed by atoms with E-state index in [2.05, 4.69) is 138 Å². The van der Waals surface area contributed by atoms with E-state index in [4.69, 9.17) is 17.0 Å². The van der Waals surface area contributed by atoms with Crippen molar-refractivity contribution in [1.82, 2.24) is 0 Å². The van der Waals surface area contributed by atoms with Crippen molar-refractivity contribution in [3.05, 3.63) is 129 Å². The van der Waals surface area contributed by atoms with Crippen LogP contribution in [0.15, 0.2) is 96.1 Å². The third-order valence-corrected chi connectivity index (χ3v) is 63.3. The van der Waals surface area contributed by atoms with Crippen molar-refractivity contribution in [3.63, 3.8) is 0 Å². The van der Waals surface area contributed by atoms with Crippen LogP contribution in [0.2, 0.25) is 13.1 Å². The minimum atomic E-state index is -4.77. The summed E-state index contributed by atoms with van der Waals surface area (Å²) in [4.78, 5) is 0. The van der Waals surface area contributed by atoms with Gasteiger partial charge in [0, 0.05) is 0 Å². The van der Waals surface area contributed by atoms with E-state index < -0.39 is 21.5 Å². The van der Waals surface area contributed by atoms with Crippen LogP contribution in [0.3, 0.4) is 0 Å². The molecule has 0 saturated carbocycles. The van der Waals surface area contributed by atoms with Crippen molar-refractivity contribution in [2.45, 2.75) is 99.4 Å². The fraction of sp³-hybridized carbons (Fsp3) is 0.364. The van der Waals surface area contributed by atoms with Crippen LogP contribution in [0.4, 0.5) is 0 Å². The number of fused-ring (bicyclic) bond motifs is 2. The van der Waals surface area contributed by atoms with E-state index in [0.717, 1.165) is 25.7 Å². The van der Waals surface area contributed by atoms with Gasteiger partial charge in [-0.05, 0) is 0 Å². The first-order valence-corrected chi connectivity index (χ1v) is 34.9. The first-order chi connectivity index (χ1) is 23.2. The Morgan fingerprint density at radius 3 is 1.29 bits per heavy atom. The van der Waals surface area contributed by atoms with E-state index in [1.807, 2.05) is 0 Å². The van der Waals surface area contributed by atoms with Crippen LogP contribution in [-0.4, -0.2) is 5.92 Å². The van der Waals surface area contributed by atoms with Gasteiger partial charge in [-0.15, -0.1) is 0 Å². The van der Waals surface area contributed by atoms with Gasteiger partial charge in [0.2, 0.25) is 0 Å². The number of halogens is 2. The number of hydrogen-bond acceptors (Lipinski definition) is 0. The second-order valence-electron chi connectivity index (χ2n) is 14.6. The third kappa shape index (κ3) is 6.27. The molecule has 0 amide bonds. The van der Waals surface area contributed by atoms with Crippen LogP contribution in [0.25, 0.3) is 34.4 Å². The Bertz CT molecular complexity index is 1700. The van der Waals surface area contributed by atoms with E-state index in [-0.39, 0.29) is 7.25 Å². The molecule has 0 saturated heterocycles. The topological polar surface area (TPSA) is 0 Å². The molecule has 4 heteroatoms. The van der Waals surface area contributed by atoms with Crippen molar-refractivity contribution in [2.24, 2.45) is 0 Å². The number of benzene rings is 4. The summed E-state index contributed by atoms with van der Waals surface area (Å²) in [7, 11) is 17.3. The van der Waals surface area contributed by atoms with Crippen molar-refractivity contribution in [1.29, 1.82) is 0 Å². The second-order valence-corrected chi connectivity index (χ2v) is 57.1. The molecule has 2 aliphatic carbocycles. The van der Waals surface area contributed by atoms with Gasteiger partial charge in [0.05, 0.1) is 0 Å². The fourth-order valence-electron chi connectivity index (χ4n) is 8.64. The van der Waals surface area contributed by atoms with Gasteiger partial charge in [-0.1, -0.05) is 0 Å². The fourth-order valence-corrected chi connectivity index (χ4v) is 40.4. The molecule has 0 spiro atoms. The third-order valence-electron chi connectivity index (χ3n) is 11.5. The van der Waals surface area contributed by atoms with Gasteiger partial charge in [-0.2, -0.15) is 0 Å². The van der Waals surface area contributed by atoms with Crippen molar-refractivity contribution in [2.75, 3.05) is 0 Å². The SMILES string of the molecule is CCCCc1ccc(-c2cccc3c2C=C(CC)[CH]3[Zr]([Cl])([Cl])([CH]2C(CC)=Cc3c(-c4ccc(CCCC)cc4)cccc32)[SiH](C)C)cc1. The molecule has 0 radical (unpaired) electrons. The second kappa shape index (κ2) is 14.7. The molecule has 4 aromatic carbocycles. The van der Waals surface area contributed by atoms with E-state index in [1.165, 1.54) is 92.5 Å². The van der Waals surface area contributed by atoms with Crippen LogP contribution in [0.5, 0.6) is 0 Å². The Morgan fingerprint density at radius 1 is 0.562 bits per heavy atom. The predicted octanol–water partition coefficient (Wildman–Crippen LogP) is 14.1. The van der Waals surface area contributed by atoms with Crippen LogP contribution < -0.4 is 0 Å². The summed E-state index contributed by atoms with van der Waals surface area (Å²) in [5, 5.41) is 0. The maximum absolute atomic E-state index is 8.64. The first kappa shape index (κ1) is 35.9. The van der Waals surface area contributed by atoms with E-state index in [1.54, 1.807) is 0 Å². The Morgan fingerprint density at radius 2 is 0.958 bits per heavy atom. The van der Waals surface area contributed by atoms with Crippen molar-refractivity contribution < 1.29 is 15.6 Å². The van der Waals surface area contributed by atoms with Gasteiger partial charge < -0.3 is 0 Å². The number of aryl methyl sites for hydroxylation is 2. The number of hydrogen-bond donors (Lipinski definition) is 0. The zero-order valence-corrected chi connectivity index (χ0v) is 35.0. The Hall–Kier alpha value is -1.96. The van der Waals surface area contributed by atoms with Gasteiger partial charge in [-0.3, -0.25) is 0 Å². The molecular formula is C44H53Cl2SiZr. The van der Waals surface area contributed by atoms with Gasteiger partial charge in [-0.25, -0.2) is 0 Å². The molecule has 4 aromatic rings. The molecule has 48 heavy (non-hydrogen) atoms. The van der Waals surface area contributed by atoms with Crippen LogP contribution in [0.1, 0.15) is 107 Å². The van der Waals surface area contributed by atoms with Gasteiger partial charge >= 0.3 is 302 Å². The van der Waals surface area contributed by atoms with Crippen molar-refractivity contribution >= 4 is 35.1 Å². The Kier molecular flexibility index (Phi) is 11.0. The minimum absolute atomic E-state index is 0.123. The molecule has 2 atom stereocenters. The molecule has 2 aliphatic rings. The molecule has 0 aromatic heterocycles. The van der Waals surface area contributed by atoms with E-state index >= 15 is 0 Å². The van der Waals surface area contributed by atoms with Gasteiger partial charge in [0.1, 0.15) is 0 Å². The molecule has 0 heterocycles. The predicted molar refractivity (Wildman–Crippen MR) is 214 cm³/mol. The number of unbranched alkanes of at least 4 members (excludes halogenated alkanes) is 2. The standard InChI is InChI=1S/2C21H23.C2H7Si.2ClH.Zr/c2*1-3-5-7-17-10-12-18(13-11-17)20-9-6-8-19-14-16(4-2)15-21(19)20;1-3-2;;;/h2*6,8-15H,3-5,7H2,1-2H3;3H,1-2H3;2*1H;/q;;;;;+2/p-2. The van der Waals surface area contributed by atoms with Crippen LogP contribution in [0, 0.1) is 0 Å². The van der Waals surface area contributed by atoms with Crippen LogP contribution >= 0.6 is 17.0 Å². The monoisotopic (exact) mass is 769 g/mol. The van der Waals surface area contributed by atoms with E-state index in [9.17, 15) is 0 Å². The summed E-state index contributed by atoms with van der Waals surface area (Å²) >= 11 is -4.77. The zero-order valence-electron chi connectivity index (χ0n) is 29.9. The summed E-state index contributed by atoms with van der Waals surface area (Å²) in [5.41, 5.74) is 16.3. The Labute approximate surface area is 299 Å². The molecular weight excluding hydrogens is 719 g/mol. The van der Waals surface area contributed by atoms with Gasteiger partial charge in [0.15, 0.2) is 0 Å². The van der Waals surface area contributed by atoms with Crippen LogP contribution in [-0.2, 0) is 28.4 Å². The summed E-state index contributed by atoms with van der Waals surface area (Å²) in [6, 6.07) is 32.4. The normalized spacial score (nSPS) is 17.9. The summed E-state index contributed by atoms with van der Waals surface area (Å²) < 4.78 is 0.246. The average Bonchev–Trinajstić information content (AvgIpc) is 3.70. The molecule has 0 N–H and O–H groups in total. The molecule has 0 nitrogen and oxygen atoms in total. The number of allylic oxidation sites excluding steroid dienone is 2. The summed E-state index contributed by atoms with van der Waals surface area (Å²) in [6.07, 6.45) is 14.1. The first-order valence-electron chi connectivity index (χ1n) is 18.6. The zero-order chi connectivity index (χ0) is 34.1. The van der Waals surface area contributed by atoms with E-state index in [0.29, 0.717) is 0 Å². The molecule has 0 bridgehead atoms. The quantitative estimate of drug-likeness (QED) is 0.119. The number of rotatable bonds is 13. The summed E-state index contributed by atoms with van der Waals surface area (Å²) in [6.45, 7) is 14.0. The molecule has 251 valence electrons. The van der Waals surface area contributed by atoms with Crippen molar-refractivity contribution in [3.8, 4) is 22.3 Å². The van der Waals surface area contributed by atoms with Gasteiger partial charge in [0.25, 0.3) is 0 Å². The summed E-state index contributed by atoms with van der Waals surface area (Å²) in [5.74, 6) is -1.60. The molecule has 0 aliphatic heterocycles. The maximum atomic E-state index is 8.64. The average molecular weight is 772 g/mol. The molecule has 0 fully saturated rings. The Balaban J connectivity index is 1.47.